The van der Waals surface area contributed by atoms with Crippen molar-refractivity contribution in [2.45, 2.75) is 18.7 Å². The van der Waals surface area contributed by atoms with Crippen molar-refractivity contribution in [3.05, 3.63) is 35.9 Å². The Kier molecular flexibility index (Phi) is 4.93. The van der Waals surface area contributed by atoms with Crippen molar-refractivity contribution in [3.63, 3.8) is 0 Å². The maximum atomic E-state index is 10.1. The van der Waals surface area contributed by atoms with Gasteiger partial charge in [-0.05, 0) is 40.2 Å². The van der Waals surface area contributed by atoms with Gasteiger partial charge in [-0.25, -0.2) is 0 Å². The zero-order valence-corrected chi connectivity index (χ0v) is 10.6. The molecule has 0 bridgehead atoms. The summed E-state index contributed by atoms with van der Waals surface area (Å²) in [6.07, 6.45) is 0.405. The van der Waals surface area contributed by atoms with Crippen LogP contribution in [0.15, 0.2) is 30.3 Å². The molecular weight excluding hydrogens is 200 g/mol. The zero-order valence-electron chi connectivity index (χ0n) is 10.6. The summed E-state index contributed by atoms with van der Waals surface area (Å²) >= 11 is 0. The molecular formula is C13H22N2O. The summed E-state index contributed by atoms with van der Waals surface area (Å²) in [6.45, 7) is 0. The topological polar surface area (TPSA) is 26.7 Å². The number of likely N-dealkylation sites (N-methyl/N-ethyl adjacent to an activating group) is 2. The van der Waals surface area contributed by atoms with E-state index in [9.17, 15) is 5.11 Å². The van der Waals surface area contributed by atoms with Gasteiger partial charge in [0.05, 0.1) is 6.04 Å². The molecule has 1 aromatic carbocycles. The first-order chi connectivity index (χ1) is 7.52. The number of nitrogens with zero attached hydrogens (tertiary/aromatic N) is 2. The molecule has 3 heteroatoms. The molecule has 0 aliphatic heterocycles. The maximum Gasteiger partial charge on any atom is 0.122 e. The first-order valence-corrected chi connectivity index (χ1v) is 5.57. The molecule has 0 radical (unpaired) electrons. The van der Waals surface area contributed by atoms with E-state index in [0.29, 0.717) is 0 Å². The molecule has 0 amide bonds. The first kappa shape index (κ1) is 13.2. The molecule has 0 saturated carbocycles. The largest absolute Gasteiger partial charge is 0.377 e. The number of hydrogen-bond acceptors (Lipinski definition) is 3. The van der Waals surface area contributed by atoms with Crippen LogP contribution in [-0.4, -0.2) is 55.4 Å². The average molecular weight is 222 g/mol. The summed E-state index contributed by atoms with van der Waals surface area (Å²) in [5.41, 5.74) is 1.25. The molecule has 0 aromatic heterocycles. The maximum absolute atomic E-state index is 10.1. The van der Waals surface area contributed by atoms with Crippen molar-refractivity contribution >= 4 is 0 Å². The minimum Gasteiger partial charge on any atom is -0.377 e. The fraction of sp³-hybridized carbons (Fsp3) is 0.538. The van der Waals surface area contributed by atoms with Crippen LogP contribution in [0.1, 0.15) is 5.56 Å². The minimum absolute atomic E-state index is 0.109. The van der Waals surface area contributed by atoms with Crippen molar-refractivity contribution in [2.24, 2.45) is 0 Å². The average Bonchev–Trinajstić information content (AvgIpc) is 2.26. The number of aliphatic hydroxyl groups excluding tert-OH is 1. The van der Waals surface area contributed by atoms with Gasteiger partial charge in [-0.3, -0.25) is 4.90 Å². The normalized spacial score (nSPS) is 15.4. The van der Waals surface area contributed by atoms with Gasteiger partial charge in [-0.2, -0.15) is 0 Å². The van der Waals surface area contributed by atoms with Gasteiger partial charge in [0.25, 0.3) is 0 Å². The van der Waals surface area contributed by atoms with Crippen molar-refractivity contribution in [1.82, 2.24) is 9.80 Å². The summed E-state index contributed by atoms with van der Waals surface area (Å²) in [6, 6.07) is 10.4. The van der Waals surface area contributed by atoms with Crippen molar-refractivity contribution in [2.75, 3.05) is 28.2 Å². The highest BCUT2D eigenvalue weighted by molar-refractivity contribution is 5.16. The standard InChI is InChI=1S/C13H22N2O/c1-14(2)12(13(16)15(3)4)10-11-8-6-5-7-9-11/h5-9,12-13,16H,10H2,1-4H3. The summed E-state index contributed by atoms with van der Waals surface area (Å²) in [7, 11) is 7.79. The third-order valence-electron chi connectivity index (χ3n) is 2.82. The van der Waals surface area contributed by atoms with Crippen LogP contribution >= 0.6 is 0 Å². The molecule has 2 atom stereocenters. The molecule has 1 aromatic rings. The molecule has 3 nitrogen and oxygen atoms in total. The van der Waals surface area contributed by atoms with Gasteiger partial charge in [-0.15, -0.1) is 0 Å². The Morgan fingerprint density at radius 1 is 1.00 bits per heavy atom. The zero-order chi connectivity index (χ0) is 12.1. The van der Waals surface area contributed by atoms with Crippen molar-refractivity contribution in [1.29, 1.82) is 0 Å². The lowest BCUT2D eigenvalue weighted by Crippen LogP contribution is -2.47. The number of aliphatic hydroxyl groups is 1. The molecule has 0 aliphatic carbocycles. The number of rotatable bonds is 5. The second kappa shape index (κ2) is 5.99. The van der Waals surface area contributed by atoms with Gasteiger partial charge in [0.15, 0.2) is 0 Å². The Bertz CT molecular complexity index is 298. The van der Waals surface area contributed by atoms with Crippen molar-refractivity contribution < 1.29 is 5.11 Å². The second-order valence-electron chi connectivity index (χ2n) is 4.60. The SMILES string of the molecule is CN(C)C(O)C(Cc1ccccc1)N(C)C. The molecule has 16 heavy (non-hydrogen) atoms. The van der Waals surface area contributed by atoms with Gasteiger partial charge in [0, 0.05) is 0 Å². The summed E-state index contributed by atoms with van der Waals surface area (Å²) < 4.78 is 0. The van der Waals surface area contributed by atoms with Crippen LogP contribution in [0.4, 0.5) is 0 Å². The van der Waals surface area contributed by atoms with E-state index in [4.69, 9.17) is 0 Å². The van der Waals surface area contributed by atoms with E-state index in [1.165, 1.54) is 5.56 Å². The van der Waals surface area contributed by atoms with E-state index >= 15 is 0 Å². The van der Waals surface area contributed by atoms with E-state index in [0.717, 1.165) is 6.42 Å². The van der Waals surface area contributed by atoms with Crippen LogP contribution in [0.3, 0.4) is 0 Å². The molecule has 1 rings (SSSR count). The third-order valence-corrected chi connectivity index (χ3v) is 2.82. The lowest BCUT2D eigenvalue weighted by atomic mass is 10.0. The predicted molar refractivity (Wildman–Crippen MR) is 67.3 cm³/mol. The Morgan fingerprint density at radius 2 is 1.56 bits per heavy atom. The van der Waals surface area contributed by atoms with Gasteiger partial charge >= 0.3 is 0 Å². The molecule has 0 fully saturated rings. The summed E-state index contributed by atoms with van der Waals surface area (Å²) in [4.78, 5) is 3.91. The van der Waals surface area contributed by atoms with E-state index in [2.05, 4.69) is 17.0 Å². The molecule has 0 saturated heterocycles. The van der Waals surface area contributed by atoms with E-state index in [1.807, 2.05) is 51.3 Å². The number of benzene rings is 1. The highest BCUT2D eigenvalue weighted by Crippen LogP contribution is 2.11. The Labute approximate surface area is 98.3 Å². The van der Waals surface area contributed by atoms with Crippen LogP contribution in [0.5, 0.6) is 0 Å². The smallest absolute Gasteiger partial charge is 0.122 e. The van der Waals surface area contributed by atoms with Gasteiger partial charge in [0.1, 0.15) is 6.23 Å². The monoisotopic (exact) mass is 222 g/mol. The van der Waals surface area contributed by atoms with Crippen LogP contribution in [0.2, 0.25) is 0 Å². The van der Waals surface area contributed by atoms with Crippen molar-refractivity contribution in [3.8, 4) is 0 Å². The lowest BCUT2D eigenvalue weighted by molar-refractivity contribution is -0.0234. The van der Waals surface area contributed by atoms with E-state index in [-0.39, 0.29) is 6.04 Å². The molecule has 0 heterocycles. The highest BCUT2D eigenvalue weighted by Gasteiger charge is 2.23. The quantitative estimate of drug-likeness (QED) is 0.754. The fourth-order valence-corrected chi connectivity index (χ4v) is 1.75. The van der Waals surface area contributed by atoms with Gasteiger partial charge in [-0.1, -0.05) is 30.3 Å². The molecule has 90 valence electrons. The Morgan fingerprint density at radius 3 is 2.00 bits per heavy atom. The molecule has 1 N–H and O–H groups in total. The van der Waals surface area contributed by atoms with Crippen LogP contribution in [-0.2, 0) is 6.42 Å². The minimum atomic E-state index is -0.449. The third kappa shape index (κ3) is 3.59. The van der Waals surface area contributed by atoms with E-state index in [1.54, 1.807) is 0 Å². The number of hydrogen-bond donors (Lipinski definition) is 1. The molecule has 0 spiro atoms. The lowest BCUT2D eigenvalue weighted by Gasteiger charge is -2.32. The Hall–Kier alpha value is -0.900. The molecule has 2 unspecified atom stereocenters. The molecule has 0 aliphatic rings. The van der Waals surface area contributed by atoms with E-state index < -0.39 is 6.23 Å². The fourth-order valence-electron chi connectivity index (χ4n) is 1.75. The van der Waals surface area contributed by atoms with Crippen LogP contribution in [0.25, 0.3) is 0 Å². The first-order valence-electron chi connectivity index (χ1n) is 5.57. The second-order valence-corrected chi connectivity index (χ2v) is 4.60. The van der Waals surface area contributed by atoms with Crippen LogP contribution in [0, 0.1) is 0 Å². The highest BCUT2D eigenvalue weighted by atomic mass is 16.3. The van der Waals surface area contributed by atoms with Gasteiger partial charge in [0.2, 0.25) is 0 Å². The predicted octanol–water partition coefficient (Wildman–Crippen LogP) is 1.04. The summed E-state index contributed by atoms with van der Waals surface area (Å²) in [5, 5.41) is 10.1. The van der Waals surface area contributed by atoms with Gasteiger partial charge < -0.3 is 10.0 Å². The Balaban J connectivity index is 2.73. The van der Waals surface area contributed by atoms with Crippen LogP contribution < -0.4 is 0 Å². The summed E-state index contributed by atoms with van der Waals surface area (Å²) in [5.74, 6) is 0.